The van der Waals surface area contributed by atoms with E-state index in [0.29, 0.717) is 0 Å². The topological polar surface area (TPSA) is 50.2 Å². The molecule has 0 fully saturated rings. The smallest absolute Gasteiger partial charge is 0.306 e. The summed E-state index contributed by atoms with van der Waals surface area (Å²) < 4.78 is 0. The predicted molar refractivity (Wildman–Crippen MR) is 63.1 cm³/mol. The summed E-state index contributed by atoms with van der Waals surface area (Å²) in [5, 5.41) is 9.03. The summed E-state index contributed by atoms with van der Waals surface area (Å²) in [6.07, 6.45) is 6.13. The molecular weight excluding hydrogens is 202 g/mol. The zero-order valence-electron chi connectivity index (χ0n) is 9.89. The van der Waals surface area contributed by atoms with E-state index in [9.17, 15) is 4.79 Å². The first-order valence-electron chi connectivity index (χ1n) is 5.73. The summed E-state index contributed by atoms with van der Waals surface area (Å²) in [7, 11) is 0. The Bertz CT molecular complexity index is 322. The molecule has 0 aliphatic rings. The van der Waals surface area contributed by atoms with Crippen molar-refractivity contribution in [2.75, 3.05) is 0 Å². The summed E-state index contributed by atoms with van der Waals surface area (Å²) in [4.78, 5) is 15.0. The third-order valence-corrected chi connectivity index (χ3v) is 2.83. The van der Waals surface area contributed by atoms with Crippen molar-refractivity contribution in [1.29, 1.82) is 0 Å². The molecule has 0 spiro atoms. The SMILES string of the molecule is CC(C)C(CCCc1cccnc1)C(=O)O. The van der Waals surface area contributed by atoms with Crippen LogP contribution in [-0.4, -0.2) is 16.1 Å². The highest BCUT2D eigenvalue weighted by molar-refractivity contribution is 5.70. The number of aliphatic carboxylic acids is 1. The first-order chi connectivity index (χ1) is 7.61. The minimum atomic E-state index is -0.679. The molecule has 0 amide bonds. The maximum Gasteiger partial charge on any atom is 0.306 e. The Morgan fingerprint density at radius 2 is 2.25 bits per heavy atom. The van der Waals surface area contributed by atoms with Gasteiger partial charge in [-0.25, -0.2) is 0 Å². The molecule has 1 aromatic rings. The van der Waals surface area contributed by atoms with Gasteiger partial charge in [0.2, 0.25) is 0 Å². The summed E-state index contributed by atoms with van der Waals surface area (Å²) in [6.45, 7) is 3.92. The summed E-state index contributed by atoms with van der Waals surface area (Å²) >= 11 is 0. The highest BCUT2D eigenvalue weighted by atomic mass is 16.4. The van der Waals surface area contributed by atoms with Crippen molar-refractivity contribution in [3.8, 4) is 0 Å². The molecule has 3 nitrogen and oxygen atoms in total. The van der Waals surface area contributed by atoms with Gasteiger partial charge in [0.05, 0.1) is 5.92 Å². The third kappa shape index (κ3) is 4.01. The average Bonchev–Trinajstić information content (AvgIpc) is 2.24. The fourth-order valence-corrected chi connectivity index (χ4v) is 1.81. The number of rotatable bonds is 6. The van der Waals surface area contributed by atoms with Gasteiger partial charge >= 0.3 is 5.97 Å². The largest absolute Gasteiger partial charge is 0.481 e. The molecule has 0 aliphatic heterocycles. The number of hydrogen-bond donors (Lipinski definition) is 1. The van der Waals surface area contributed by atoms with Crippen molar-refractivity contribution in [3.63, 3.8) is 0 Å². The predicted octanol–water partition coefficient (Wildman–Crippen LogP) is 2.76. The second-order valence-corrected chi connectivity index (χ2v) is 4.44. The number of carboxylic acid groups (broad SMARTS) is 1. The van der Waals surface area contributed by atoms with E-state index < -0.39 is 5.97 Å². The van der Waals surface area contributed by atoms with Gasteiger partial charge in [-0.15, -0.1) is 0 Å². The number of nitrogens with zero attached hydrogens (tertiary/aromatic N) is 1. The lowest BCUT2D eigenvalue weighted by molar-refractivity contribution is -0.143. The van der Waals surface area contributed by atoms with Crippen molar-refractivity contribution in [2.24, 2.45) is 11.8 Å². The number of pyridine rings is 1. The van der Waals surface area contributed by atoms with Crippen LogP contribution in [-0.2, 0) is 11.2 Å². The van der Waals surface area contributed by atoms with Gasteiger partial charge in [0, 0.05) is 12.4 Å². The molecule has 0 radical (unpaired) electrons. The van der Waals surface area contributed by atoms with Crippen molar-refractivity contribution in [1.82, 2.24) is 4.98 Å². The molecule has 1 aromatic heterocycles. The van der Waals surface area contributed by atoms with Gasteiger partial charge in [0.1, 0.15) is 0 Å². The van der Waals surface area contributed by atoms with Gasteiger partial charge in [-0.3, -0.25) is 9.78 Å². The Labute approximate surface area is 96.5 Å². The molecule has 0 aromatic carbocycles. The van der Waals surface area contributed by atoms with Gasteiger partial charge < -0.3 is 5.11 Å². The highest BCUT2D eigenvalue weighted by Gasteiger charge is 2.20. The summed E-state index contributed by atoms with van der Waals surface area (Å²) in [5.41, 5.74) is 1.18. The third-order valence-electron chi connectivity index (χ3n) is 2.83. The molecule has 1 rings (SSSR count). The summed E-state index contributed by atoms with van der Waals surface area (Å²) in [5.74, 6) is -0.704. The second kappa shape index (κ2) is 6.26. The lowest BCUT2D eigenvalue weighted by Crippen LogP contribution is -2.19. The van der Waals surface area contributed by atoms with E-state index in [0.717, 1.165) is 19.3 Å². The van der Waals surface area contributed by atoms with Gasteiger partial charge in [0.25, 0.3) is 0 Å². The van der Waals surface area contributed by atoms with Crippen LogP contribution in [0.15, 0.2) is 24.5 Å². The highest BCUT2D eigenvalue weighted by Crippen LogP contribution is 2.18. The van der Waals surface area contributed by atoms with Crippen LogP contribution in [0.3, 0.4) is 0 Å². The Morgan fingerprint density at radius 3 is 2.75 bits per heavy atom. The van der Waals surface area contributed by atoms with Crippen molar-refractivity contribution in [3.05, 3.63) is 30.1 Å². The number of carbonyl (C=O) groups is 1. The second-order valence-electron chi connectivity index (χ2n) is 4.44. The molecule has 88 valence electrons. The van der Waals surface area contributed by atoms with Crippen LogP contribution in [0.4, 0.5) is 0 Å². The number of aryl methyl sites for hydroxylation is 1. The fourth-order valence-electron chi connectivity index (χ4n) is 1.81. The van der Waals surface area contributed by atoms with Crippen LogP contribution in [0.2, 0.25) is 0 Å². The van der Waals surface area contributed by atoms with Gasteiger partial charge in [-0.05, 0) is 36.8 Å². The van der Waals surface area contributed by atoms with Crippen LogP contribution >= 0.6 is 0 Å². The molecule has 0 saturated heterocycles. The Kier molecular flexibility index (Phi) is 4.96. The number of hydrogen-bond acceptors (Lipinski definition) is 2. The van der Waals surface area contributed by atoms with E-state index in [1.54, 1.807) is 6.20 Å². The molecule has 0 aliphatic carbocycles. The molecule has 16 heavy (non-hydrogen) atoms. The molecule has 1 atom stereocenters. The molecule has 0 bridgehead atoms. The molecule has 1 N–H and O–H groups in total. The van der Waals surface area contributed by atoms with E-state index >= 15 is 0 Å². The Balaban J connectivity index is 2.37. The van der Waals surface area contributed by atoms with E-state index in [4.69, 9.17) is 5.11 Å². The normalized spacial score (nSPS) is 12.7. The first kappa shape index (κ1) is 12.7. The average molecular weight is 221 g/mol. The monoisotopic (exact) mass is 221 g/mol. The van der Waals surface area contributed by atoms with Crippen LogP contribution in [0.25, 0.3) is 0 Å². The van der Waals surface area contributed by atoms with Gasteiger partial charge in [-0.2, -0.15) is 0 Å². The van der Waals surface area contributed by atoms with E-state index in [-0.39, 0.29) is 11.8 Å². The minimum absolute atomic E-state index is 0.200. The van der Waals surface area contributed by atoms with Gasteiger partial charge in [-0.1, -0.05) is 19.9 Å². The fraction of sp³-hybridized carbons (Fsp3) is 0.538. The molecule has 3 heteroatoms. The molecule has 1 heterocycles. The van der Waals surface area contributed by atoms with Crippen molar-refractivity contribution < 1.29 is 9.90 Å². The van der Waals surface area contributed by atoms with Crippen LogP contribution in [0.5, 0.6) is 0 Å². The van der Waals surface area contributed by atoms with E-state index in [2.05, 4.69) is 4.98 Å². The van der Waals surface area contributed by atoms with E-state index in [1.807, 2.05) is 32.2 Å². The van der Waals surface area contributed by atoms with E-state index in [1.165, 1.54) is 5.56 Å². The maximum absolute atomic E-state index is 11.0. The maximum atomic E-state index is 11.0. The number of aromatic nitrogens is 1. The molecule has 1 unspecified atom stereocenters. The zero-order valence-corrected chi connectivity index (χ0v) is 9.89. The lowest BCUT2D eigenvalue weighted by Gasteiger charge is -2.15. The zero-order chi connectivity index (χ0) is 12.0. The van der Waals surface area contributed by atoms with Crippen LogP contribution < -0.4 is 0 Å². The van der Waals surface area contributed by atoms with Gasteiger partial charge in [0.15, 0.2) is 0 Å². The Morgan fingerprint density at radius 1 is 1.50 bits per heavy atom. The molecule has 0 saturated carbocycles. The van der Waals surface area contributed by atoms with Crippen LogP contribution in [0.1, 0.15) is 32.3 Å². The first-order valence-corrected chi connectivity index (χ1v) is 5.73. The summed E-state index contributed by atoms with van der Waals surface area (Å²) in [6, 6.07) is 3.94. The lowest BCUT2D eigenvalue weighted by atomic mass is 9.90. The van der Waals surface area contributed by atoms with Crippen LogP contribution in [0, 0.1) is 11.8 Å². The van der Waals surface area contributed by atoms with Crippen molar-refractivity contribution >= 4 is 5.97 Å². The Hall–Kier alpha value is -1.38. The molecular formula is C13H19NO2. The van der Waals surface area contributed by atoms with Crippen molar-refractivity contribution in [2.45, 2.75) is 33.1 Å². The standard InChI is InChI=1S/C13H19NO2/c1-10(2)12(13(15)16)7-3-5-11-6-4-8-14-9-11/h4,6,8-10,12H,3,5,7H2,1-2H3,(H,15,16). The minimum Gasteiger partial charge on any atom is -0.481 e. The number of carboxylic acids is 1. The quantitative estimate of drug-likeness (QED) is 0.803.